The number of aromatic carboxylic acids is 1. The van der Waals surface area contributed by atoms with Gasteiger partial charge >= 0.3 is 5.97 Å². The minimum absolute atomic E-state index is 0.0239. The average molecular weight is 262 g/mol. The highest BCUT2D eigenvalue weighted by atomic mass is 16.4. The van der Waals surface area contributed by atoms with Crippen molar-refractivity contribution >= 4 is 17.6 Å². The van der Waals surface area contributed by atoms with Gasteiger partial charge in [-0.1, -0.05) is 0 Å². The molecule has 0 heterocycles. The molecule has 1 aliphatic rings. The molecule has 0 spiro atoms. The number of hydrogen-bond donors (Lipinski definition) is 3. The monoisotopic (exact) mass is 262 g/mol. The number of rotatable bonds is 5. The fourth-order valence-electron chi connectivity index (χ4n) is 1.81. The molecular formula is C14H18N2O3. The molecule has 1 fully saturated rings. The Bertz CT molecular complexity index is 509. The largest absolute Gasteiger partial charge is 0.478 e. The van der Waals surface area contributed by atoms with Gasteiger partial charge in [0.15, 0.2) is 0 Å². The lowest BCUT2D eigenvalue weighted by Crippen LogP contribution is -2.38. The molecule has 1 aliphatic carbocycles. The number of aryl methyl sites for hydroxylation is 1. The molecule has 2 rings (SSSR count). The van der Waals surface area contributed by atoms with Gasteiger partial charge in [0.1, 0.15) is 6.04 Å². The Hall–Kier alpha value is -2.04. The molecule has 0 saturated heterocycles. The molecule has 1 saturated carbocycles. The van der Waals surface area contributed by atoms with Gasteiger partial charge in [-0.05, 0) is 50.5 Å². The lowest BCUT2D eigenvalue weighted by molar-refractivity contribution is -0.121. The van der Waals surface area contributed by atoms with Crippen LogP contribution in [0.2, 0.25) is 0 Å². The highest BCUT2D eigenvalue weighted by Crippen LogP contribution is 2.20. The summed E-state index contributed by atoms with van der Waals surface area (Å²) in [5, 5.41) is 14.9. The molecule has 0 bridgehead atoms. The highest BCUT2D eigenvalue weighted by molar-refractivity contribution is 5.89. The maximum Gasteiger partial charge on any atom is 0.335 e. The van der Waals surface area contributed by atoms with Crippen LogP contribution in [0.5, 0.6) is 0 Å². The molecule has 19 heavy (non-hydrogen) atoms. The summed E-state index contributed by atoms with van der Waals surface area (Å²) >= 11 is 0. The van der Waals surface area contributed by atoms with Crippen molar-refractivity contribution in [2.24, 2.45) is 0 Å². The third kappa shape index (κ3) is 3.47. The van der Waals surface area contributed by atoms with Crippen molar-refractivity contribution < 1.29 is 14.7 Å². The summed E-state index contributed by atoms with van der Waals surface area (Å²) < 4.78 is 0. The average Bonchev–Trinajstić information content (AvgIpc) is 3.15. The number of carbonyl (C=O) groups is 2. The van der Waals surface area contributed by atoms with E-state index in [4.69, 9.17) is 5.11 Å². The van der Waals surface area contributed by atoms with Crippen molar-refractivity contribution in [3.63, 3.8) is 0 Å². The van der Waals surface area contributed by atoms with E-state index >= 15 is 0 Å². The van der Waals surface area contributed by atoms with E-state index in [-0.39, 0.29) is 17.5 Å². The number of nitrogens with one attached hydrogen (secondary N) is 2. The van der Waals surface area contributed by atoms with E-state index in [1.54, 1.807) is 19.1 Å². The molecule has 3 N–H and O–H groups in total. The zero-order valence-electron chi connectivity index (χ0n) is 11.1. The van der Waals surface area contributed by atoms with Gasteiger partial charge in [-0.3, -0.25) is 4.79 Å². The molecule has 1 amide bonds. The van der Waals surface area contributed by atoms with Crippen molar-refractivity contribution in [3.8, 4) is 0 Å². The second-order valence-electron chi connectivity index (χ2n) is 4.98. The maximum atomic E-state index is 11.8. The van der Waals surface area contributed by atoms with Crippen LogP contribution >= 0.6 is 0 Å². The first kappa shape index (κ1) is 13.4. The van der Waals surface area contributed by atoms with Crippen LogP contribution in [0.3, 0.4) is 0 Å². The smallest absolute Gasteiger partial charge is 0.335 e. The third-order valence-corrected chi connectivity index (χ3v) is 3.16. The van der Waals surface area contributed by atoms with E-state index in [1.165, 1.54) is 6.07 Å². The summed E-state index contributed by atoms with van der Waals surface area (Å²) in [6, 6.07) is 4.82. The number of benzene rings is 1. The first-order valence-corrected chi connectivity index (χ1v) is 6.38. The molecule has 0 aromatic heterocycles. The summed E-state index contributed by atoms with van der Waals surface area (Å²) in [7, 11) is 0. The Morgan fingerprint density at radius 2 is 2.05 bits per heavy atom. The third-order valence-electron chi connectivity index (χ3n) is 3.16. The SMILES string of the molecule is Cc1cc(C(=O)O)ccc1NC(C)C(=O)NC1CC1. The van der Waals surface area contributed by atoms with E-state index < -0.39 is 5.97 Å². The van der Waals surface area contributed by atoms with E-state index in [1.807, 2.05) is 6.92 Å². The van der Waals surface area contributed by atoms with Gasteiger partial charge in [-0.25, -0.2) is 4.79 Å². The Morgan fingerprint density at radius 3 is 2.58 bits per heavy atom. The molecule has 0 radical (unpaired) electrons. The van der Waals surface area contributed by atoms with Crippen molar-refractivity contribution in [2.75, 3.05) is 5.32 Å². The van der Waals surface area contributed by atoms with E-state index in [9.17, 15) is 9.59 Å². The van der Waals surface area contributed by atoms with Crippen molar-refractivity contribution in [1.82, 2.24) is 5.32 Å². The number of carboxylic acids is 1. The standard InChI is InChI=1S/C14H18N2O3/c1-8-7-10(14(18)19)3-6-12(8)15-9(2)13(17)16-11-4-5-11/h3,6-7,9,11,15H,4-5H2,1-2H3,(H,16,17)(H,18,19). The van der Waals surface area contributed by atoms with Crippen molar-refractivity contribution in [3.05, 3.63) is 29.3 Å². The maximum absolute atomic E-state index is 11.8. The van der Waals surface area contributed by atoms with Gasteiger partial charge in [-0.2, -0.15) is 0 Å². The summed E-state index contributed by atoms with van der Waals surface area (Å²) in [5.74, 6) is -0.974. The van der Waals surface area contributed by atoms with Crippen molar-refractivity contribution in [1.29, 1.82) is 0 Å². The summed E-state index contributed by atoms with van der Waals surface area (Å²) in [6.07, 6.45) is 2.12. The lowest BCUT2D eigenvalue weighted by Gasteiger charge is -2.17. The van der Waals surface area contributed by atoms with Crippen LogP contribution in [0.4, 0.5) is 5.69 Å². The number of carboxylic acid groups (broad SMARTS) is 1. The quantitative estimate of drug-likeness (QED) is 0.755. The minimum Gasteiger partial charge on any atom is -0.478 e. The van der Waals surface area contributed by atoms with E-state index in [2.05, 4.69) is 10.6 Å². The molecule has 5 heteroatoms. The molecular weight excluding hydrogens is 244 g/mol. The summed E-state index contributed by atoms with van der Waals surface area (Å²) in [6.45, 7) is 3.61. The first-order valence-electron chi connectivity index (χ1n) is 6.38. The van der Waals surface area contributed by atoms with Gasteiger partial charge in [0.25, 0.3) is 0 Å². The van der Waals surface area contributed by atoms with E-state index in [0.717, 1.165) is 24.1 Å². The van der Waals surface area contributed by atoms with Gasteiger partial charge in [0, 0.05) is 11.7 Å². The van der Waals surface area contributed by atoms with Crippen LogP contribution in [0.1, 0.15) is 35.7 Å². The van der Waals surface area contributed by atoms with Crippen LogP contribution < -0.4 is 10.6 Å². The Balaban J connectivity index is 2.01. The predicted octanol–water partition coefficient (Wildman–Crippen LogP) is 1.77. The molecule has 5 nitrogen and oxygen atoms in total. The van der Waals surface area contributed by atoms with Crippen LogP contribution in [0, 0.1) is 6.92 Å². The fraction of sp³-hybridized carbons (Fsp3) is 0.429. The first-order chi connectivity index (χ1) is 8.97. The van der Waals surface area contributed by atoms with Crippen LogP contribution in [-0.2, 0) is 4.79 Å². The molecule has 1 unspecified atom stereocenters. The Kier molecular flexibility index (Phi) is 3.74. The van der Waals surface area contributed by atoms with Crippen LogP contribution in [0.15, 0.2) is 18.2 Å². The van der Waals surface area contributed by atoms with Gasteiger partial charge in [0.2, 0.25) is 5.91 Å². The molecule has 0 aliphatic heterocycles. The molecule has 1 aromatic rings. The minimum atomic E-state index is -0.950. The molecule has 1 atom stereocenters. The molecule has 102 valence electrons. The number of hydrogen-bond acceptors (Lipinski definition) is 3. The molecule has 1 aromatic carbocycles. The normalized spacial score (nSPS) is 15.7. The second-order valence-corrected chi connectivity index (χ2v) is 4.98. The zero-order valence-corrected chi connectivity index (χ0v) is 11.1. The number of amides is 1. The predicted molar refractivity (Wildman–Crippen MR) is 72.4 cm³/mol. The zero-order chi connectivity index (χ0) is 14.0. The fourth-order valence-corrected chi connectivity index (χ4v) is 1.81. The van der Waals surface area contributed by atoms with E-state index in [0.29, 0.717) is 6.04 Å². The summed E-state index contributed by atoms with van der Waals surface area (Å²) in [4.78, 5) is 22.7. The number of carbonyl (C=O) groups excluding carboxylic acids is 1. The Labute approximate surface area is 112 Å². The lowest BCUT2D eigenvalue weighted by atomic mass is 10.1. The Morgan fingerprint density at radius 1 is 1.37 bits per heavy atom. The number of anilines is 1. The second kappa shape index (κ2) is 5.30. The van der Waals surface area contributed by atoms with Gasteiger partial charge < -0.3 is 15.7 Å². The highest BCUT2D eigenvalue weighted by Gasteiger charge is 2.25. The summed E-state index contributed by atoms with van der Waals surface area (Å²) in [5.41, 5.74) is 1.84. The van der Waals surface area contributed by atoms with Crippen molar-refractivity contribution in [2.45, 2.75) is 38.8 Å². The van der Waals surface area contributed by atoms with Gasteiger partial charge in [0.05, 0.1) is 5.56 Å². The van der Waals surface area contributed by atoms with Crippen LogP contribution in [0.25, 0.3) is 0 Å². The van der Waals surface area contributed by atoms with Gasteiger partial charge in [-0.15, -0.1) is 0 Å². The van der Waals surface area contributed by atoms with Crippen LogP contribution in [-0.4, -0.2) is 29.1 Å². The topological polar surface area (TPSA) is 78.4 Å².